The third-order valence-corrected chi connectivity index (χ3v) is 4.56. The molecule has 11 heteroatoms. The van der Waals surface area contributed by atoms with E-state index in [0.29, 0.717) is 13.2 Å². The summed E-state index contributed by atoms with van der Waals surface area (Å²) < 4.78 is 44.8. The Kier molecular flexibility index (Phi) is 7.28. The van der Waals surface area contributed by atoms with Crippen LogP contribution in [0.2, 0.25) is 0 Å². The van der Waals surface area contributed by atoms with Crippen LogP contribution in [0.25, 0.3) is 0 Å². The number of carbonyl (C=O) groups excluding carboxylic acids is 2. The predicted molar refractivity (Wildman–Crippen MR) is 98.2 cm³/mol. The van der Waals surface area contributed by atoms with Gasteiger partial charge in [0.1, 0.15) is 6.04 Å². The van der Waals surface area contributed by atoms with Gasteiger partial charge in [-0.15, -0.1) is 0 Å². The Balaban J connectivity index is 2.28. The number of benzene rings is 1. The molecule has 0 bridgehead atoms. The summed E-state index contributed by atoms with van der Waals surface area (Å²) in [5.74, 6) is -0.433. The molecule has 2 N–H and O–H groups in total. The van der Waals surface area contributed by atoms with Crippen LogP contribution < -0.4 is 15.5 Å². The highest BCUT2D eigenvalue weighted by molar-refractivity contribution is 5.87. The van der Waals surface area contributed by atoms with E-state index in [4.69, 9.17) is 10.00 Å². The lowest BCUT2D eigenvalue weighted by atomic mass is 10.0. The van der Waals surface area contributed by atoms with Gasteiger partial charge in [-0.05, 0) is 18.2 Å². The lowest BCUT2D eigenvalue weighted by molar-refractivity contribution is -0.137. The number of ether oxygens (including phenoxy) is 1. The van der Waals surface area contributed by atoms with Crippen molar-refractivity contribution < 1.29 is 27.5 Å². The van der Waals surface area contributed by atoms with Crippen molar-refractivity contribution in [2.24, 2.45) is 0 Å². The van der Waals surface area contributed by atoms with E-state index in [-0.39, 0.29) is 31.4 Å². The first-order chi connectivity index (χ1) is 13.7. The molecule has 158 valence electrons. The third kappa shape index (κ3) is 5.29. The maximum Gasteiger partial charge on any atom is 0.417 e. The average molecular weight is 413 g/mol. The highest BCUT2D eigenvalue weighted by atomic mass is 19.4. The largest absolute Gasteiger partial charge is 0.417 e. The highest BCUT2D eigenvalue weighted by Gasteiger charge is 2.37. The second kappa shape index (κ2) is 9.47. The fourth-order valence-electron chi connectivity index (χ4n) is 3.08. The van der Waals surface area contributed by atoms with E-state index < -0.39 is 29.3 Å². The minimum absolute atomic E-state index is 0.000157. The van der Waals surface area contributed by atoms with Crippen LogP contribution in [0.3, 0.4) is 0 Å². The summed E-state index contributed by atoms with van der Waals surface area (Å²) in [6, 6.07) is 3.60. The van der Waals surface area contributed by atoms with Crippen LogP contribution in [-0.4, -0.2) is 69.8 Å². The first-order valence-electron chi connectivity index (χ1n) is 8.84. The number of methoxy groups -OCH3 is 1. The molecule has 2 rings (SSSR count). The van der Waals surface area contributed by atoms with Gasteiger partial charge in [-0.25, -0.2) is 4.79 Å². The number of hydrogen-bond acceptors (Lipinski definition) is 5. The van der Waals surface area contributed by atoms with Crippen molar-refractivity contribution in [1.29, 1.82) is 5.26 Å². The van der Waals surface area contributed by atoms with E-state index in [0.717, 1.165) is 12.1 Å². The molecule has 0 aromatic heterocycles. The van der Waals surface area contributed by atoms with Crippen molar-refractivity contribution >= 4 is 17.6 Å². The van der Waals surface area contributed by atoms with Crippen LogP contribution in [0.5, 0.6) is 0 Å². The molecule has 1 saturated heterocycles. The summed E-state index contributed by atoms with van der Waals surface area (Å²) >= 11 is 0. The molecule has 1 aromatic rings. The van der Waals surface area contributed by atoms with E-state index in [2.05, 4.69) is 10.6 Å². The van der Waals surface area contributed by atoms with Gasteiger partial charge >= 0.3 is 12.2 Å². The van der Waals surface area contributed by atoms with Crippen LogP contribution in [0.4, 0.5) is 23.7 Å². The van der Waals surface area contributed by atoms with Crippen molar-refractivity contribution in [1.82, 2.24) is 15.5 Å². The first kappa shape index (κ1) is 22.3. The molecule has 0 spiro atoms. The number of nitriles is 1. The Morgan fingerprint density at radius 3 is 2.66 bits per heavy atom. The molecule has 0 aliphatic carbocycles. The van der Waals surface area contributed by atoms with Crippen LogP contribution in [0, 0.1) is 11.3 Å². The zero-order chi connectivity index (χ0) is 21.6. The van der Waals surface area contributed by atoms with Gasteiger partial charge in [-0.1, -0.05) is 0 Å². The number of nitrogens with one attached hydrogen (secondary N) is 2. The summed E-state index contributed by atoms with van der Waals surface area (Å²) in [5.41, 5.74) is -1.40. The highest BCUT2D eigenvalue weighted by Crippen LogP contribution is 2.35. The molecule has 8 nitrogen and oxygen atoms in total. The van der Waals surface area contributed by atoms with Crippen LogP contribution in [0.1, 0.15) is 11.1 Å². The third-order valence-electron chi connectivity index (χ3n) is 4.56. The van der Waals surface area contributed by atoms with Gasteiger partial charge in [0.2, 0.25) is 5.91 Å². The van der Waals surface area contributed by atoms with Crippen LogP contribution >= 0.6 is 0 Å². The number of amides is 3. The topological polar surface area (TPSA) is 97.7 Å². The Labute approximate surface area is 166 Å². The SMILES string of the molecule is CNC(=O)C1CN(C(=O)NCCOC)CCN1c1ccc(C#N)c(C(F)(F)F)c1. The number of urea groups is 1. The number of likely N-dealkylation sites (N-methyl/N-ethyl adjacent to an activating group) is 1. The molecule has 1 atom stereocenters. The molecule has 0 saturated carbocycles. The van der Waals surface area contributed by atoms with Gasteiger partial charge in [-0.3, -0.25) is 4.79 Å². The normalized spacial score (nSPS) is 16.9. The smallest absolute Gasteiger partial charge is 0.383 e. The number of piperazine rings is 1. The molecule has 1 unspecified atom stereocenters. The Morgan fingerprint density at radius 2 is 2.07 bits per heavy atom. The van der Waals surface area contributed by atoms with E-state index in [9.17, 15) is 22.8 Å². The first-order valence-corrected chi connectivity index (χ1v) is 8.84. The van der Waals surface area contributed by atoms with Crippen molar-refractivity contribution in [3.05, 3.63) is 29.3 Å². The molecular formula is C18H22F3N5O3. The lowest BCUT2D eigenvalue weighted by Crippen LogP contribution is -2.61. The molecule has 1 heterocycles. The maximum atomic E-state index is 13.3. The van der Waals surface area contributed by atoms with E-state index in [1.54, 1.807) is 0 Å². The van der Waals surface area contributed by atoms with Crippen LogP contribution in [-0.2, 0) is 15.7 Å². The van der Waals surface area contributed by atoms with Crippen molar-refractivity contribution in [2.75, 3.05) is 51.8 Å². The van der Waals surface area contributed by atoms with E-state index in [1.807, 2.05) is 0 Å². The standard InChI is InChI=1S/C18H22F3N5O3/c1-23-16(27)15-11-25(17(28)24-5-8-29-2)6-7-26(15)13-4-3-12(10-22)14(9-13)18(19,20)21/h3-4,9,15H,5-8,11H2,1-2H3,(H,23,27)(H,24,28). The predicted octanol–water partition coefficient (Wildman–Crippen LogP) is 1.17. The second-order valence-electron chi connectivity index (χ2n) is 6.33. The maximum absolute atomic E-state index is 13.3. The van der Waals surface area contributed by atoms with Gasteiger partial charge in [0.25, 0.3) is 0 Å². The minimum atomic E-state index is -4.70. The number of alkyl halides is 3. The van der Waals surface area contributed by atoms with E-state index in [1.165, 1.54) is 36.1 Å². The molecule has 1 fully saturated rings. The molecule has 1 aliphatic rings. The number of anilines is 1. The van der Waals surface area contributed by atoms with Gasteiger partial charge in [-0.2, -0.15) is 18.4 Å². The number of nitrogens with zero attached hydrogens (tertiary/aromatic N) is 3. The Bertz CT molecular complexity index is 794. The molecule has 29 heavy (non-hydrogen) atoms. The van der Waals surface area contributed by atoms with Gasteiger partial charge in [0, 0.05) is 39.5 Å². The second-order valence-corrected chi connectivity index (χ2v) is 6.33. The fourth-order valence-corrected chi connectivity index (χ4v) is 3.08. The van der Waals surface area contributed by atoms with Crippen molar-refractivity contribution in [2.45, 2.75) is 12.2 Å². The molecule has 1 aliphatic heterocycles. The monoisotopic (exact) mass is 413 g/mol. The summed E-state index contributed by atoms with van der Waals surface area (Å²) in [5, 5.41) is 14.1. The number of halogens is 3. The Morgan fingerprint density at radius 1 is 1.34 bits per heavy atom. The average Bonchev–Trinajstić information content (AvgIpc) is 2.71. The molecule has 0 radical (unpaired) electrons. The molecular weight excluding hydrogens is 391 g/mol. The number of hydrogen-bond donors (Lipinski definition) is 2. The zero-order valence-electron chi connectivity index (χ0n) is 16.0. The quantitative estimate of drug-likeness (QED) is 0.707. The van der Waals surface area contributed by atoms with Crippen molar-refractivity contribution in [3.63, 3.8) is 0 Å². The number of rotatable bonds is 5. The van der Waals surface area contributed by atoms with Gasteiger partial charge in [0.15, 0.2) is 0 Å². The summed E-state index contributed by atoms with van der Waals surface area (Å²) in [6.07, 6.45) is -4.70. The van der Waals surface area contributed by atoms with Gasteiger partial charge < -0.3 is 25.2 Å². The number of carbonyl (C=O) groups is 2. The summed E-state index contributed by atoms with van der Waals surface area (Å²) in [4.78, 5) is 27.6. The fraction of sp³-hybridized carbons (Fsp3) is 0.500. The van der Waals surface area contributed by atoms with Gasteiger partial charge in [0.05, 0.1) is 30.3 Å². The molecule has 3 amide bonds. The molecule has 1 aromatic carbocycles. The van der Waals surface area contributed by atoms with Crippen LogP contribution in [0.15, 0.2) is 18.2 Å². The summed E-state index contributed by atoms with van der Waals surface area (Å²) in [7, 11) is 2.91. The van der Waals surface area contributed by atoms with E-state index >= 15 is 0 Å². The lowest BCUT2D eigenvalue weighted by Gasteiger charge is -2.41. The zero-order valence-corrected chi connectivity index (χ0v) is 16.0. The summed E-state index contributed by atoms with van der Waals surface area (Å²) in [6.45, 7) is 0.993. The Hall–Kier alpha value is -3.00. The van der Waals surface area contributed by atoms with Crippen molar-refractivity contribution in [3.8, 4) is 6.07 Å². The minimum Gasteiger partial charge on any atom is -0.383 e.